The fourth-order valence-corrected chi connectivity index (χ4v) is 4.65. The van der Waals surface area contributed by atoms with Gasteiger partial charge in [-0.3, -0.25) is 4.79 Å². The molecular formula is C24H22N4O5. The standard InChI is InChI=1S/C24H22N4O5/c1-30-17-8-7-14(11-19(17)31-2)23-26-24-25-15-4-3-5-16(29)21(15)22(28(24)27-23)13-6-9-18-20(10-13)33-12-32-18/h6-11,22H,3-5,12H2,1-2H3,(H,25,26,27)/t22-/m1/s1. The summed E-state index contributed by atoms with van der Waals surface area (Å²) in [5.41, 5.74) is 3.32. The van der Waals surface area contributed by atoms with E-state index in [1.54, 1.807) is 18.9 Å². The number of methoxy groups -OCH3 is 2. The Hall–Kier alpha value is -4.01. The van der Waals surface area contributed by atoms with E-state index in [1.165, 1.54) is 0 Å². The summed E-state index contributed by atoms with van der Waals surface area (Å²) in [6.45, 7) is 0.190. The number of hydrogen-bond acceptors (Lipinski definition) is 8. The Balaban J connectivity index is 1.49. The molecule has 1 atom stereocenters. The number of allylic oxidation sites excluding steroid dienone is 2. The maximum absolute atomic E-state index is 13.0. The zero-order valence-electron chi connectivity index (χ0n) is 18.3. The number of ether oxygens (including phenoxy) is 4. The van der Waals surface area contributed by atoms with Gasteiger partial charge in [-0.15, -0.1) is 5.10 Å². The van der Waals surface area contributed by atoms with E-state index < -0.39 is 6.04 Å². The Kier molecular flexibility index (Phi) is 4.49. The first-order valence-corrected chi connectivity index (χ1v) is 10.8. The van der Waals surface area contributed by atoms with Crippen molar-refractivity contribution >= 4 is 11.7 Å². The van der Waals surface area contributed by atoms with Crippen molar-refractivity contribution in [2.24, 2.45) is 0 Å². The molecule has 1 aliphatic carbocycles. The minimum absolute atomic E-state index is 0.125. The lowest BCUT2D eigenvalue weighted by Gasteiger charge is -2.32. The van der Waals surface area contributed by atoms with E-state index >= 15 is 0 Å². The number of benzene rings is 2. The summed E-state index contributed by atoms with van der Waals surface area (Å²) in [6.07, 6.45) is 2.13. The molecular weight excluding hydrogens is 424 g/mol. The van der Waals surface area contributed by atoms with Gasteiger partial charge in [0.05, 0.1) is 14.2 Å². The fraction of sp³-hybridized carbons (Fsp3) is 0.292. The molecule has 0 fully saturated rings. The number of fused-ring (bicyclic) bond motifs is 2. The van der Waals surface area contributed by atoms with Crippen molar-refractivity contribution in [3.63, 3.8) is 0 Å². The predicted octanol–water partition coefficient (Wildman–Crippen LogP) is 3.71. The van der Waals surface area contributed by atoms with Crippen LogP contribution >= 0.6 is 0 Å². The lowest BCUT2D eigenvalue weighted by molar-refractivity contribution is -0.116. The topological polar surface area (TPSA) is 96.7 Å². The molecule has 168 valence electrons. The van der Waals surface area contributed by atoms with Gasteiger partial charge in [-0.1, -0.05) is 6.07 Å². The van der Waals surface area contributed by atoms with Crippen molar-refractivity contribution in [2.45, 2.75) is 25.3 Å². The first-order valence-electron chi connectivity index (χ1n) is 10.8. The van der Waals surface area contributed by atoms with E-state index in [-0.39, 0.29) is 12.6 Å². The number of Topliss-reactive ketones (excluding diaryl/α,β-unsaturated/α-hetero) is 1. The van der Waals surface area contributed by atoms with Gasteiger partial charge in [-0.05, 0) is 48.7 Å². The van der Waals surface area contributed by atoms with Gasteiger partial charge in [-0.25, -0.2) is 4.68 Å². The molecule has 0 bridgehead atoms. The Morgan fingerprint density at radius 3 is 2.73 bits per heavy atom. The molecule has 0 amide bonds. The number of hydrogen-bond donors (Lipinski definition) is 1. The number of nitrogens with one attached hydrogen (secondary N) is 1. The van der Waals surface area contributed by atoms with Gasteiger partial charge in [0.25, 0.3) is 0 Å². The quantitative estimate of drug-likeness (QED) is 0.648. The minimum Gasteiger partial charge on any atom is -0.493 e. The summed E-state index contributed by atoms with van der Waals surface area (Å²) >= 11 is 0. The van der Waals surface area contributed by atoms with Crippen LogP contribution in [0.2, 0.25) is 0 Å². The summed E-state index contributed by atoms with van der Waals surface area (Å²) in [7, 11) is 3.19. The number of nitrogens with zero attached hydrogens (tertiary/aromatic N) is 3. The molecule has 3 heterocycles. The molecule has 1 N–H and O–H groups in total. The highest BCUT2D eigenvalue weighted by molar-refractivity contribution is 5.99. The van der Waals surface area contributed by atoms with Gasteiger partial charge >= 0.3 is 0 Å². The van der Waals surface area contributed by atoms with Crippen LogP contribution in [0.5, 0.6) is 23.0 Å². The van der Waals surface area contributed by atoms with Crippen LogP contribution in [0.4, 0.5) is 5.95 Å². The minimum atomic E-state index is -0.403. The van der Waals surface area contributed by atoms with Gasteiger partial charge in [0.2, 0.25) is 12.7 Å². The van der Waals surface area contributed by atoms with Crippen LogP contribution in [-0.4, -0.2) is 41.6 Å². The average Bonchev–Trinajstić information content (AvgIpc) is 3.48. The molecule has 3 aliphatic rings. The smallest absolute Gasteiger partial charge is 0.231 e. The van der Waals surface area contributed by atoms with Crippen LogP contribution in [0.3, 0.4) is 0 Å². The molecule has 0 unspecified atom stereocenters. The van der Waals surface area contributed by atoms with E-state index in [0.29, 0.717) is 41.2 Å². The van der Waals surface area contributed by atoms with Crippen molar-refractivity contribution in [3.8, 4) is 34.4 Å². The second kappa shape index (κ2) is 7.54. The van der Waals surface area contributed by atoms with Gasteiger partial charge in [0, 0.05) is 23.3 Å². The third kappa shape index (κ3) is 3.11. The summed E-state index contributed by atoms with van der Waals surface area (Å²) in [4.78, 5) is 17.8. The molecule has 1 aromatic heterocycles. The number of carbonyl (C=O) groups excluding carboxylic acids is 1. The number of aromatic nitrogens is 3. The predicted molar refractivity (Wildman–Crippen MR) is 119 cm³/mol. The van der Waals surface area contributed by atoms with Gasteiger partial charge < -0.3 is 24.3 Å². The maximum atomic E-state index is 13.0. The first-order chi connectivity index (χ1) is 16.2. The Labute approximate surface area is 189 Å². The third-order valence-electron chi connectivity index (χ3n) is 6.22. The lowest BCUT2D eigenvalue weighted by Crippen LogP contribution is -2.31. The summed E-state index contributed by atoms with van der Waals surface area (Å²) < 4.78 is 23.6. The first kappa shape index (κ1) is 19.7. The largest absolute Gasteiger partial charge is 0.493 e. The van der Waals surface area contributed by atoms with Gasteiger partial charge in [-0.2, -0.15) is 4.98 Å². The van der Waals surface area contributed by atoms with E-state index in [2.05, 4.69) is 5.32 Å². The maximum Gasteiger partial charge on any atom is 0.231 e. The van der Waals surface area contributed by atoms with Crippen molar-refractivity contribution < 1.29 is 23.7 Å². The van der Waals surface area contributed by atoms with Crippen LogP contribution in [0.1, 0.15) is 30.9 Å². The van der Waals surface area contributed by atoms with Crippen molar-refractivity contribution in [1.82, 2.24) is 14.8 Å². The molecule has 2 aromatic carbocycles. The van der Waals surface area contributed by atoms with E-state index in [1.807, 2.05) is 36.4 Å². The van der Waals surface area contributed by atoms with Crippen molar-refractivity contribution in [2.75, 3.05) is 26.3 Å². The highest BCUT2D eigenvalue weighted by atomic mass is 16.7. The summed E-state index contributed by atoms with van der Waals surface area (Å²) in [5, 5.41) is 8.18. The van der Waals surface area contributed by atoms with Crippen LogP contribution in [0.25, 0.3) is 11.4 Å². The van der Waals surface area contributed by atoms with Crippen molar-refractivity contribution in [1.29, 1.82) is 0 Å². The summed E-state index contributed by atoms with van der Waals surface area (Å²) in [6, 6.07) is 10.9. The molecule has 2 aliphatic heterocycles. The number of ketones is 1. The second-order valence-corrected chi connectivity index (χ2v) is 8.08. The molecule has 9 heteroatoms. The third-order valence-corrected chi connectivity index (χ3v) is 6.22. The van der Waals surface area contributed by atoms with Crippen molar-refractivity contribution in [3.05, 3.63) is 53.2 Å². The SMILES string of the molecule is COc1ccc(-c2nc3n(n2)[C@H](c2ccc4c(c2)OCO4)C2=C(CCCC2=O)N3)cc1OC. The van der Waals surface area contributed by atoms with Gasteiger partial charge in [0.15, 0.2) is 34.6 Å². The molecule has 0 radical (unpaired) electrons. The second-order valence-electron chi connectivity index (χ2n) is 8.08. The van der Waals surface area contributed by atoms with Crippen LogP contribution in [0.15, 0.2) is 47.7 Å². The molecule has 33 heavy (non-hydrogen) atoms. The zero-order valence-corrected chi connectivity index (χ0v) is 18.3. The van der Waals surface area contributed by atoms with E-state index in [0.717, 1.165) is 35.2 Å². The summed E-state index contributed by atoms with van der Waals surface area (Å²) in [5.74, 6) is 3.83. The Morgan fingerprint density at radius 1 is 1.03 bits per heavy atom. The highest BCUT2D eigenvalue weighted by Crippen LogP contribution is 2.43. The number of anilines is 1. The van der Waals surface area contributed by atoms with Crippen LogP contribution in [-0.2, 0) is 4.79 Å². The Bertz CT molecular complexity index is 1310. The van der Waals surface area contributed by atoms with Crippen LogP contribution in [0, 0.1) is 0 Å². The molecule has 6 rings (SSSR count). The zero-order chi connectivity index (χ0) is 22.5. The molecule has 3 aromatic rings. The molecule has 0 saturated carbocycles. The molecule has 0 spiro atoms. The van der Waals surface area contributed by atoms with Crippen LogP contribution < -0.4 is 24.3 Å². The number of rotatable bonds is 4. The normalized spacial score (nSPS) is 18.5. The fourth-order valence-electron chi connectivity index (χ4n) is 4.65. The molecule has 0 saturated heterocycles. The van der Waals surface area contributed by atoms with E-state index in [9.17, 15) is 4.79 Å². The Morgan fingerprint density at radius 2 is 1.88 bits per heavy atom. The number of carbonyl (C=O) groups is 1. The average molecular weight is 446 g/mol. The van der Waals surface area contributed by atoms with Gasteiger partial charge in [0.1, 0.15) is 6.04 Å². The monoisotopic (exact) mass is 446 g/mol. The lowest BCUT2D eigenvalue weighted by atomic mass is 9.85. The highest BCUT2D eigenvalue weighted by Gasteiger charge is 2.37. The van der Waals surface area contributed by atoms with E-state index in [4.69, 9.17) is 29.0 Å². The molecule has 9 nitrogen and oxygen atoms in total.